The maximum Gasteiger partial charge on any atom is 0.260 e. The number of amides is 1. The fraction of sp³-hybridized carbons (Fsp3) is 0.533. The van der Waals surface area contributed by atoms with Gasteiger partial charge in [0.15, 0.2) is 18.1 Å². The number of rotatable bonds is 6. The highest BCUT2D eigenvalue weighted by Crippen LogP contribution is 2.26. The van der Waals surface area contributed by atoms with Gasteiger partial charge in [-0.05, 0) is 32.0 Å². The van der Waals surface area contributed by atoms with Crippen molar-refractivity contribution in [3.05, 3.63) is 24.3 Å². The molecular formula is C15H22N2O3. The molecule has 1 aliphatic heterocycles. The molecule has 5 nitrogen and oxygen atoms in total. The number of carbonyl (C=O) groups excluding carboxylic acids is 1. The van der Waals surface area contributed by atoms with Crippen molar-refractivity contribution >= 4 is 5.91 Å². The summed E-state index contributed by atoms with van der Waals surface area (Å²) in [6, 6.07) is 7.65. The fourth-order valence-corrected chi connectivity index (χ4v) is 2.57. The Morgan fingerprint density at radius 3 is 2.85 bits per heavy atom. The van der Waals surface area contributed by atoms with E-state index in [9.17, 15) is 4.79 Å². The molecule has 1 aromatic rings. The zero-order valence-corrected chi connectivity index (χ0v) is 12.1. The zero-order chi connectivity index (χ0) is 14.4. The van der Waals surface area contributed by atoms with Gasteiger partial charge < -0.3 is 19.7 Å². The molecule has 1 atom stereocenters. The number of nitrogens with one attached hydrogen (secondary N) is 1. The highest BCUT2D eigenvalue weighted by atomic mass is 16.5. The number of ether oxygens (including phenoxy) is 2. The molecule has 0 radical (unpaired) electrons. The monoisotopic (exact) mass is 278 g/mol. The average Bonchev–Trinajstić information content (AvgIpc) is 2.94. The van der Waals surface area contributed by atoms with Gasteiger partial charge in [0.1, 0.15) is 0 Å². The van der Waals surface area contributed by atoms with Crippen LogP contribution in [0.2, 0.25) is 0 Å². The van der Waals surface area contributed by atoms with Crippen molar-refractivity contribution < 1.29 is 14.3 Å². The van der Waals surface area contributed by atoms with E-state index in [4.69, 9.17) is 9.47 Å². The van der Waals surface area contributed by atoms with Gasteiger partial charge in [0, 0.05) is 19.1 Å². The second kappa shape index (κ2) is 7.14. The van der Waals surface area contributed by atoms with E-state index in [1.165, 1.54) is 0 Å². The summed E-state index contributed by atoms with van der Waals surface area (Å²) in [6.07, 6.45) is 2.12. The van der Waals surface area contributed by atoms with Gasteiger partial charge in [-0.15, -0.1) is 0 Å². The number of hydrogen-bond acceptors (Lipinski definition) is 4. The molecule has 5 heteroatoms. The van der Waals surface area contributed by atoms with Gasteiger partial charge in [0.2, 0.25) is 0 Å². The van der Waals surface area contributed by atoms with Gasteiger partial charge in [0.25, 0.3) is 5.91 Å². The molecule has 110 valence electrons. The van der Waals surface area contributed by atoms with Crippen molar-refractivity contribution in [2.45, 2.75) is 18.9 Å². The molecule has 20 heavy (non-hydrogen) atoms. The molecule has 0 aliphatic carbocycles. The van der Waals surface area contributed by atoms with Crippen LogP contribution < -0.4 is 14.8 Å². The summed E-state index contributed by atoms with van der Waals surface area (Å²) < 4.78 is 10.8. The van der Waals surface area contributed by atoms with E-state index < -0.39 is 0 Å². The van der Waals surface area contributed by atoms with Gasteiger partial charge in [0.05, 0.1) is 7.11 Å². The lowest BCUT2D eigenvalue weighted by Crippen LogP contribution is -2.43. The van der Waals surface area contributed by atoms with Crippen molar-refractivity contribution in [2.24, 2.45) is 0 Å². The Labute approximate surface area is 119 Å². The largest absolute Gasteiger partial charge is 0.493 e. The first kappa shape index (κ1) is 14.7. The van der Waals surface area contributed by atoms with E-state index in [0.29, 0.717) is 11.5 Å². The first-order valence-electron chi connectivity index (χ1n) is 6.96. The van der Waals surface area contributed by atoms with Crippen LogP contribution in [0.4, 0.5) is 0 Å². The summed E-state index contributed by atoms with van der Waals surface area (Å²) in [4.78, 5) is 14.1. The zero-order valence-electron chi connectivity index (χ0n) is 12.1. The van der Waals surface area contributed by atoms with Crippen LogP contribution in [0.1, 0.15) is 12.8 Å². The Kier molecular flexibility index (Phi) is 5.24. The number of carbonyl (C=O) groups is 1. The Bertz CT molecular complexity index is 450. The Hall–Kier alpha value is -1.75. The fourth-order valence-electron chi connectivity index (χ4n) is 2.57. The summed E-state index contributed by atoms with van der Waals surface area (Å²) in [6.45, 7) is 1.71. The molecule has 1 aromatic carbocycles. The third-order valence-corrected chi connectivity index (χ3v) is 3.56. The summed E-state index contributed by atoms with van der Waals surface area (Å²) in [5.41, 5.74) is 0. The number of likely N-dealkylation sites (tertiary alicyclic amines) is 1. The molecule has 0 unspecified atom stereocenters. The smallest absolute Gasteiger partial charge is 0.260 e. The van der Waals surface area contributed by atoms with Gasteiger partial charge in [-0.1, -0.05) is 12.1 Å². The molecule has 1 amide bonds. The first-order chi connectivity index (χ1) is 9.76. The van der Waals surface area contributed by atoms with Gasteiger partial charge in [-0.2, -0.15) is 0 Å². The molecule has 0 saturated carbocycles. The second-order valence-electron chi connectivity index (χ2n) is 4.88. The quantitative estimate of drug-likeness (QED) is 0.852. The molecule has 0 bridgehead atoms. The van der Waals surface area contributed by atoms with Crippen LogP contribution in [0.25, 0.3) is 0 Å². The van der Waals surface area contributed by atoms with E-state index in [1.54, 1.807) is 13.2 Å². The van der Waals surface area contributed by atoms with Crippen LogP contribution in [0.5, 0.6) is 11.5 Å². The van der Waals surface area contributed by atoms with Crippen LogP contribution in [-0.2, 0) is 4.79 Å². The molecule has 0 spiro atoms. The van der Waals surface area contributed by atoms with E-state index in [-0.39, 0.29) is 18.6 Å². The number of para-hydroxylation sites is 2. The summed E-state index contributed by atoms with van der Waals surface area (Å²) in [7, 11) is 3.50. The van der Waals surface area contributed by atoms with Crippen LogP contribution in [0.3, 0.4) is 0 Å². The van der Waals surface area contributed by atoms with Crippen molar-refractivity contribution in [1.29, 1.82) is 0 Å². The molecular weight excluding hydrogens is 256 g/mol. The van der Waals surface area contributed by atoms with E-state index in [1.807, 2.05) is 30.1 Å². The average molecular weight is 278 g/mol. The van der Waals surface area contributed by atoms with Crippen molar-refractivity contribution in [3.63, 3.8) is 0 Å². The number of likely N-dealkylation sites (N-methyl/N-ethyl adjacent to an activating group) is 1. The van der Waals surface area contributed by atoms with E-state index in [0.717, 1.165) is 25.9 Å². The third kappa shape index (κ3) is 3.42. The lowest BCUT2D eigenvalue weighted by molar-refractivity contribution is -0.134. The van der Waals surface area contributed by atoms with Crippen molar-refractivity contribution in [1.82, 2.24) is 10.2 Å². The molecule has 1 saturated heterocycles. The Morgan fingerprint density at radius 1 is 1.40 bits per heavy atom. The van der Waals surface area contributed by atoms with Crippen LogP contribution in [-0.4, -0.2) is 50.7 Å². The molecule has 1 aliphatic rings. The van der Waals surface area contributed by atoms with Crippen LogP contribution >= 0.6 is 0 Å². The van der Waals surface area contributed by atoms with E-state index in [2.05, 4.69) is 5.32 Å². The van der Waals surface area contributed by atoms with Gasteiger partial charge in [-0.25, -0.2) is 0 Å². The first-order valence-corrected chi connectivity index (χ1v) is 6.96. The third-order valence-electron chi connectivity index (χ3n) is 3.56. The highest BCUT2D eigenvalue weighted by molar-refractivity contribution is 5.78. The summed E-state index contributed by atoms with van der Waals surface area (Å²) >= 11 is 0. The van der Waals surface area contributed by atoms with Crippen molar-refractivity contribution in [3.8, 4) is 11.5 Å². The number of hydrogen-bond donors (Lipinski definition) is 1. The number of nitrogens with zero attached hydrogens (tertiary/aromatic N) is 1. The maximum atomic E-state index is 12.2. The van der Waals surface area contributed by atoms with Crippen LogP contribution in [0, 0.1) is 0 Å². The highest BCUT2D eigenvalue weighted by Gasteiger charge is 2.28. The summed E-state index contributed by atoms with van der Waals surface area (Å²) in [5, 5.41) is 3.13. The predicted molar refractivity (Wildman–Crippen MR) is 77.2 cm³/mol. The standard InChI is InChI=1S/C15H22N2O3/c1-16-10-12-6-5-9-17(12)15(18)11-20-14-8-4-3-7-13(14)19-2/h3-4,7-8,12,16H,5-6,9-11H2,1-2H3/t12-/m1/s1. The molecule has 0 aromatic heterocycles. The lowest BCUT2D eigenvalue weighted by atomic mass is 10.2. The summed E-state index contributed by atoms with van der Waals surface area (Å²) in [5.74, 6) is 1.29. The Balaban J connectivity index is 1.91. The van der Waals surface area contributed by atoms with E-state index >= 15 is 0 Å². The molecule has 1 heterocycles. The minimum atomic E-state index is 0.0358. The van der Waals surface area contributed by atoms with Gasteiger partial charge >= 0.3 is 0 Å². The SMILES string of the molecule is CNC[C@H]1CCCN1C(=O)COc1ccccc1OC. The molecule has 1 fully saturated rings. The van der Waals surface area contributed by atoms with Crippen molar-refractivity contribution in [2.75, 3.05) is 33.9 Å². The number of benzene rings is 1. The predicted octanol–water partition coefficient (Wildman–Crippen LogP) is 1.28. The molecule has 2 rings (SSSR count). The second-order valence-corrected chi connectivity index (χ2v) is 4.88. The molecule has 1 N–H and O–H groups in total. The topological polar surface area (TPSA) is 50.8 Å². The minimum absolute atomic E-state index is 0.0358. The van der Waals surface area contributed by atoms with Gasteiger partial charge in [-0.3, -0.25) is 4.79 Å². The minimum Gasteiger partial charge on any atom is -0.493 e. The number of methoxy groups -OCH3 is 1. The maximum absolute atomic E-state index is 12.2. The lowest BCUT2D eigenvalue weighted by Gasteiger charge is -2.24. The normalized spacial score (nSPS) is 18.1. The Morgan fingerprint density at radius 2 is 2.15 bits per heavy atom. The van der Waals surface area contributed by atoms with Crippen LogP contribution in [0.15, 0.2) is 24.3 Å².